The molecule has 0 aliphatic rings. The van der Waals surface area contributed by atoms with Gasteiger partial charge in [-0.1, -0.05) is 0 Å². The third-order valence-electron chi connectivity index (χ3n) is 0. The molecule has 5 heavy (non-hydrogen) atoms. The number of hydrogen-bond donors (Lipinski definition) is 0. The first kappa shape index (κ1) is 26.1. The second-order valence-corrected chi connectivity index (χ2v) is 0. The molecule has 0 bridgehead atoms. The van der Waals surface area contributed by atoms with E-state index in [-0.39, 0.29) is 65.0 Å². The summed E-state index contributed by atoms with van der Waals surface area (Å²) in [7, 11) is 0. The third kappa shape index (κ3) is 21.4. The molecule has 0 saturated heterocycles. The van der Waals surface area contributed by atoms with Gasteiger partial charge in [-0.3, -0.25) is 0 Å². The standard InChI is InChI=1S/Bi.Co.Fe.O.Ti.3H. The average molecular weight is 391 g/mol. The van der Waals surface area contributed by atoms with Crippen molar-refractivity contribution >= 4 is 26.2 Å². The van der Waals surface area contributed by atoms with E-state index in [2.05, 4.69) is 15.7 Å². The molecule has 0 heterocycles. The molecule has 35 valence electrons. The summed E-state index contributed by atoms with van der Waals surface area (Å²) in [4.78, 5) is 0. The van der Waals surface area contributed by atoms with Crippen LogP contribution in [-0.4, -0.2) is 26.2 Å². The van der Waals surface area contributed by atoms with Crippen LogP contribution in [0.1, 0.15) is 0 Å². The van der Waals surface area contributed by atoms with Gasteiger partial charge >= 0.3 is 45.7 Å². The Bertz CT molecular complexity index is 11.6. The summed E-state index contributed by atoms with van der Waals surface area (Å²) in [5, 5.41) is 0. The van der Waals surface area contributed by atoms with E-state index in [1.807, 2.05) is 0 Å². The van der Waals surface area contributed by atoms with Gasteiger partial charge in [-0.2, -0.15) is 0 Å². The van der Waals surface area contributed by atoms with Crippen LogP contribution in [0.15, 0.2) is 0 Å². The Hall–Kier alpha value is 2.42. The second kappa shape index (κ2) is 32.2. The summed E-state index contributed by atoms with van der Waals surface area (Å²) in [6.45, 7) is 0. The van der Waals surface area contributed by atoms with Gasteiger partial charge in [0.2, 0.25) is 0 Å². The van der Waals surface area contributed by atoms with E-state index < -0.39 is 0 Å². The number of rotatable bonds is 0. The van der Waals surface area contributed by atoms with Crippen LogP contribution in [-0.2, 0) is 58.3 Å². The first-order chi connectivity index (χ1) is 1.00. The van der Waals surface area contributed by atoms with Crippen LogP contribution in [0.2, 0.25) is 0 Å². The summed E-state index contributed by atoms with van der Waals surface area (Å²) in [5.41, 5.74) is 0. The molecular weight excluding hydrogens is 388 g/mol. The predicted octanol–water partition coefficient (Wildman–Crippen LogP) is -1.31. The van der Waals surface area contributed by atoms with E-state index in [1.54, 1.807) is 0 Å². The van der Waals surface area contributed by atoms with Gasteiger partial charge in [0, 0.05) is 38.8 Å². The van der Waals surface area contributed by atoms with E-state index in [9.17, 15) is 0 Å². The first-order valence-corrected chi connectivity index (χ1v) is 0.561. The second-order valence-electron chi connectivity index (χ2n) is 0. The maximum Gasteiger partial charge on any atom is 0 e. The Balaban J connectivity index is -0.00000000167. The van der Waals surface area contributed by atoms with Crippen molar-refractivity contribution in [2.45, 2.75) is 0 Å². The molecule has 0 unspecified atom stereocenters. The van der Waals surface area contributed by atoms with Crippen LogP contribution in [0.3, 0.4) is 0 Å². The largest absolute Gasteiger partial charge is 0 e. The molecule has 0 aromatic carbocycles. The molecule has 0 aliphatic heterocycles. The molecule has 0 spiro atoms. The van der Waals surface area contributed by atoms with Gasteiger partial charge in [-0.15, -0.1) is 0 Å². The zero-order valence-corrected chi connectivity index (χ0v) is 11.5. The van der Waals surface area contributed by atoms with E-state index in [0.717, 1.165) is 0 Å². The summed E-state index contributed by atoms with van der Waals surface area (Å²) in [6, 6.07) is 0. The molecule has 0 saturated carbocycles. The van der Waals surface area contributed by atoms with Crippen molar-refractivity contribution in [2.24, 2.45) is 0 Å². The van der Waals surface area contributed by atoms with Crippen molar-refractivity contribution in [2.75, 3.05) is 0 Å². The Morgan fingerprint density at radius 3 is 1.20 bits per heavy atom. The summed E-state index contributed by atoms with van der Waals surface area (Å²) in [5.74, 6) is 0. The molecule has 1 nitrogen and oxygen atoms in total. The van der Waals surface area contributed by atoms with Crippen molar-refractivity contribution in [1.82, 2.24) is 0 Å². The topological polar surface area (TPSA) is 17.1 Å². The molecule has 0 aliphatic carbocycles. The first-order valence-electron chi connectivity index (χ1n) is 0.136. The van der Waals surface area contributed by atoms with Crippen molar-refractivity contribution in [3.05, 3.63) is 0 Å². The minimum Gasteiger partial charge on any atom is 0 e. The van der Waals surface area contributed by atoms with Crippen LogP contribution >= 0.6 is 0 Å². The van der Waals surface area contributed by atoms with Gasteiger partial charge in [-0.25, -0.2) is 0 Å². The molecule has 0 radical (unpaired) electrons. The summed E-state index contributed by atoms with van der Waals surface area (Å²) in [6.07, 6.45) is 0. The Kier molecular flexibility index (Phi) is 168. The fourth-order valence-electron chi connectivity index (χ4n) is 0. The van der Waals surface area contributed by atoms with Gasteiger partial charge in [0.25, 0.3) is 0 Å². The van der Waals surface area contributed by atoms with Gasteiger partial charge in [0.05, 0.1) is 0 Å². The minimum absolute atomic E-state index is 0. The Morgan fingerprint density at radius 2 is 1.20 bits per heavy atom. The average Bonchev–Trinajstić information content (AvgIpc) is 1.00. The van der Waals surface area contributed by atoms with Gasteiger partial charge in [-0.05, 0) is 0 Å². The zero-order chi connectivity index (χ0) is 2.00. The molecule has 5 heteroatoms. The Morgan fingerprint density at radius 1 is 1.20 bits per heavy atom. The van der Waals surface area contributed by atoms with E-state index in [1.165, 1.54) is 0 Å². The van der Waals surface area contributed by atoms with E-state index >= 15 is 0 Å². The molecule has 0 amide bonds. The molecular formula is H3BiCoFeOTi. The van der Waals surface area contributed by atoms with Gasteiger partial charge in [0.1, 0.15) is 0 Å². The van der Waals surface area contributed by atoms with Gasteiger partial charge in [0.15, 0.2) is 0 Å². The van der Waals surface area contributed by atoms with Crippen molar-refractivity contribution in [3.8, 4) is 0 Å². The quantitative estimate of drug-likeness (QED) is 0.470. The SMILES string of the molecule is [BiH3].[Fe].[O]=[Co].[Ti]. The smallest absolute Gasteiger partial charge is 0 e. The van der Waals surface area contributed by atoms with Crippen LogP contribution < -0.4 is 0 Å². The molecule has 0 atom stereocenters. The summed E-state index contributed by atoms with van der Waals surface area (Å²) >= 11 is 2.31. The fraction of sp³-hybridized carbons (Fsp3) is 0. The maximum absolute atomic E-state index is 7.94. The maximum atomic E-state index is 7.94. The van der Waals surface area contributed by atoms with E-state index in [0.29, 0.717) is 0 Å². The monoisotopic (exact) mass is 391 g/mol. The zero-order valence-electron chi connectivity index (χ0n) is 2.30. The van der Waals surface area contributed by atoms with Gasteiger partial charge < -0.3 is 0 Å². The summed E-state index contributed by atoms with van der Waals surface area (Å²) < 4.78 is 7.94. The van der Waals surface area contributed by atoms with E-state index in [4.69, 9.17) is 3.87 Å². The fourth-order valence-corrected chi connectivity index (χ4v) is 0. The van der Waals surface area contributed by atoms with Crippen molar-refractivity contribution < 1.29 is 58.3 Å². The minimum atomic E-state index is 0. The van der Waals surface area contributed by atoms with Crippen molar-refractivity contribution in [3.63, 3.8) is 0 Å². The molecule has 0 aromatic rings. The molecule has 0 fully saturated rings. The van der Waals surface area contributed by atoms with Crippen LogP contribution in [0, 0.1) is 0 Å². The molecule has 0 rings (SSSR count). The van der Waals surface area contributed by atoms with Crippen LogP contribution in [0.4, 0.5) is 0 Å². The predicted molar refractivity (Wildman–Crippen MR) is 10.6 cm³/mol. The molecule has 0 N–H and O–H groups in total. The normalized spacial score (nSPS) is 1.00. The van der Waals surface area contributed by atoms with Crippen molar-refractivity contribution in [1.29, 1.82) is 0 Å². The van der Waals surface area contributed by atoms with Crippen LogP contribution in [0.5, 0.6) is 0 Å². The number of hydrogen-bond acceptors (Lipinski definition) is 1. The molecule has 0 aromatic heterocycles. The van der Waals surface area contributed by atoms with Crippen LogP contribution in [0.25, 0.3) is 0 Å². The Labute approximate surface area is 83.3 Å². The third-order valence-corrected chi connectivity index (χ3v) is 0.